The number of nitrogens with one attached hydrogen (secondary N) is 3. The molecule has 1 aromatic heterocycles. The van der Waals surface area contributed by atoms with Gasteiger partial charge in [0.15, 0.2) is 0 Å². The van der Waals surface area contributed by atoms with Crippen LogP contribution in [0.1, 0.15) is 5.56 Å². The van der Waals surface area contributed by atoms with E-state index in [1.807, 2.05) is 0 Å². The Morgan fingerprint density at radius 1 is 0.848 bits per heavy atom. The van der Waals surface area contributed by atoms with Crippen LogP contribution < -0.4 is 10.6 Å². The van der Waals surface area contributed by atoms with Gasteiger partial charge in [-0.15, -0.1) is 10.2 Å². The highest BCUT2D eigenvalue weighted by molar-refractivity contribution is 6.00. The van der Waals surface area contributed by atoms with Gasteiger partial charge >= 0.3 is 12.2 Å². The first-order valence-electron chi connectivity index (χ1n) is 9.28. The topological polar surface area (TPSA) is 95.6 Å². The molecule has 0 saturated carbocycles. The van der Waals surface area contributed by atoms with Gasteiger partial charge in [-0.25, -0.2) is 13.6 Å². The number of H-pyrrole nitrogens is 1. The number of halogens is 5. The van der Waals surface area contributed by atoms with Gasteiger partial charge in [0.2, 0.25) is 5.82 Å². The molecule has 1 heterocycles. The van der Waals surface area contributed by atoms with E-state index in [0.29, 0.717) is 11.6 Å². The van der Waals surface area contributed by atoms with E-state index >= 15 is 0 Å². The van der Waals surface area contributed by atoms with Crippen molar-refractivity contribution < 1.29 is 26.7 Å². The number of urea groups is 1. The number of carbonyl (C=O) groups excluding carboxylic acids is 1. The molecule has 7 nitrogen and oxygen atoms in total. The van der Waals surface area contributed by atoms with Gasteiger partial charge in [-0.1, -0.05) is 18.2 Å². The van der Waals surface area contributed by atoms with Gasteiger partial charge in [-0.2, -0.15) is 18.4 Å². The van der Waals surface area contributed by atoms with Gasteiger partial charge in [0.1, 0.15) is 11.6 Å². The van der Waals surface area contributed by atoms with E-state index in [1.54, 1.807) is 0 Å². The molecule has 0 fully saturated rings. The maximum Gasteiger partial charge on any atom is 0.416 e. The summed E-state index contributed by atoms with van der Waals surface area (Å²) in [4.78, 5) is 12.3. The fourth-order valence-electron chi connectivity index (χ4n) is 3.12. The summed E-state index contributed by atoms with van der Waals surface area (Å²) in [6.45, 7) is 0. The van der Waals surface area contributed by atoms with Crippen LogP contribution in [-0.4, -0.2) is 26.7 Å². The smallest absolute Gasteiger partial charge is 0.308 e. The Labute approximate surface area is 182 Å². The van der Waals surface area contributed by atoms with Crippen molar-refractivity contribution in [2.45, 2.75) is 6.18 Å². The lowest BCUT2D eigenvalue weighted by Gasteiger charge is -2.13. The number of benzene rings is 3. The maximum absolute atomic E-state index is 13.3. The third-order valence-corrected chi connectivity index (χ3v) is 4.49. The summed E-state index contributed by atoms with van der Waals surface area (Å²) in [5.74, 6) is -1.65. The van der Waals surface area contributed by atoms with Crippen LogP contribution in [0.25, 0.3) is 22.5 Å². The standard InChI is InChI=1S/C21H13F5N6O/c22-13-7-14(23)9-16(8-13)28-20(33)27-15-4-5-17(18(10-15)19-29-31-32-30-19)11-2-1-3-12(6-11)21(24,25)26/h1-10H,(H2,27,28,33)(H,29,30,31,32). The van der Waals surface area contributed by atoms with Crippen LogP contribution in [0, 0.1) is 11.6 Å². The Bertz CT molecular complexity index is 1290. The molecule has 33 heavy (non-hydrogen) atoms. The van der Waals surface area contributed by atoms with Crippen molar-refractivity contribution in [2.24, 2.45) is 0 Å². The highest BCUT2D eigenvalue weighted by Crippen LogP contribution is 2.36. The molecule has 0 radical (unpaired) electrons. The molecule has 0 aliphatic heterocycles. The number of nitrogens with zero attached hydrogens (tertiary/aromatic N) is 3. The molecular formula is C21H13F5N6O. The third-order valence-electron chi connectivity index (χ3n) is 4.49. The number of aromatic amines is 1. The monoisotopic (exact) mass is 460 g/mol. The van der Waals surface area contributed by atoms with Gasteiger partial charge in [-0.3, -0.25) is 0 Å². The van der Waals surface area contributed by atoms with Crippen molar-refractivity contribution in [1.82, 2.24) is 20.6 Å². The molecule has 2 amide bonds. The predicted octanol–water partition coefficient (Wildman–Crippen LogP) is 5.47. The van der Waals surface area contributed by atoms with Crippen LogP contribution in [0.2, 0.25) is 0 Å². The predicted molar refractivity (Wildman–Crippen MR) is 109 cm³/mol. The number of rotatable bonds is 4. The van der Waals surface area contributed by atoms with Crippen LogP contribution >= 0.6 is 0 Å². The number of carbonyl (C=O) groups is 1. The van der Waals surface area contributed by atoms with Crippen molar-refractivity contribution in [3.63, 3.8) is 0 Å². The van der Waals surface area contributed by atoms with E-state index in [2.05, 4.69) is 31.3 Å². The SMILES string of the molecule is O=C(Nc1cc(F)cc(F)c1)Nc1ccc(-c2cccc(C(F)(F)F)c2)c(-c2nn[nH]n2)c1. The second-order valence-corrected chi connectivity index (χ2v) is 6.81. The molecule has 0 saturated heterocycles. The second kappa shape index (κ2) is 8.65. The minimum Gasteiger partial charge on any atom is -0.308 e. The molecule has 0 aliphatic rings. The highest BCUT2D eigenvalue weighted by atomic mass is 19.4. The van der Waals surface area contributed by atoms with E-state index in [-0.39, 0.29) is 28.3 Å². The molecule has 0 atom stereocenters. The zero-order chi connectivity index (χ0) is 23.6. The fourth-order valence-corrected chi connectivity index (χ4v) is 3.12. The average molecular weight is 460 g/mol. The summed E-state index contributed by atoms with van der Waals surface area (Å²) in [5.41, 5.74) is 0.182. The van der Waals surface area contributed by atoms with E-state index in [4.69, 9.17) is 0 Å². The molecule has 0 unspecified atom stereocenters. The lowest BCUT2D eigenvalue weighted by Crippen LogP contribution is -2.19. The normalized spacial score (nSPS) is 11.3. The molecule has 3 N–H and O–H groups in total. The Hall–Kier alpha value is -4.35. The highest BCUT2D eigenvalue weighted by Gasteiger charge is 2.30. The quantitative estimate of drug-likeness (QED) is 0.352. The zero-order valence-corrected chi connectivity index (χ0v) is 16.4. The van der Waals surface area contributed by atoms with Gasteiger partial charge in [0, 0.05) is 23.0 Å². The minimum atomic E-state index is -4.53. The Morgan fingerprint density at radius 3 is 2.24 bits per heavy atom. The molecule has 0 aliphatic carbocycles. The van der Waals surface area contributed by atoms with Gasteiger partial charge in [0.25, 0.3) is 0 Å². The third kappa shape index (κ3) is 5.11. The summed E-state index contributed by atoms with van der Waals surface area (Å²) in [6, 6.07) is 10.8. The number of tetrazole rings is 1. The fraction of sp³-hybridized carbons (Fsp3) is 0.0476. The summed E-state index contributed by atoms with van der Waals surface area (Å²) in [6.07, 6.45) is -4.53. The Balaban J connectivity index is 1.66. The molecule has 3 aromatic carbocycles. The van der Waals surface area contributed by atoms with Crippen LogP contribution in [0.5, 0.6) is 0 Å². The summed E-state index contributed by atoms with van der Waals surface area (Å²) < 4.78 is 66.1. The molecule has 12 heteroatoms. The number of anilines is 2. The molecule has 4 rings (SSSR count). The lowest BCUT2D eigenvalue weighted by atomic mass is 9.97. The van der Waals surface area contributed by atoms with E-state index in [0.717, 1.165) is 24.3 Å². The number of hydrogen-bond acceptors (Lipinski definition) is 4. The minimum absolute atomic E-state index is 0.0821. The van der Waals surface area contributed by atoms with Crippen molar-refractivity contribution >= 4 is 17.4 Å². The molecule has 0 bridgehead atoms. The van der Waals surface area contributed by atoms with Crippen LogP contribution in [0.4, 0.5) is 38.1 Å². The zero-order valence-electron chi connectivity index (χ0n) is 16.4. The van der Waals surface area contributed by atoms with Gasteiger partial charge in [0.05, 0.1) is 5.56 Å². The van der Waals surface area contributed by atoms with Crippen molar-refractivity contribution in [3.05, 3.63) is 77.9 Å². The van der Waals surface area contributed by atoms with Crippen molar-refractivity contribution in [2.75, 3.05) is 10.6 Å². The number of hydrogen-bond donors (Lipinski definition) is 3. The first kappa shape index (κ1) is 21.9. The largest absolute Gasteiger partial charge is 0.416 e. The van der Waals surface area contributed by atoms with Crippen molar-refractivity contribution in [3.8, 4) is 22.5 Å². The lowest BCUT2D eigenvalue weighted by molar-refractivity contribution is -0.137. The number of amides is 2. The van der Waals surface area contributed by atoms with Crippen LogP contribution in [-0.2, 0) is 6.18 Å². The van der Waals surface area contributed by atoms with Crippen LogP contribution in [0.15, 0.2) is 60.7 Å². The summed E-state index contributed by atoms with van der Waals surface area (Å²) >= 11 is 0. The Kier molecular flexibility index (Phi) is 5.73. The summed E-state index contributed by atoms with van der Waals surface area (Å²) in [5, 5.41) is 18.2. The van der Waals surface area contributed by atoms with Crippen LogP contribution in [0.3, 0.4) is 0 Å². The van der Waals surface area contributed by atoms with Crippen molar-refractivity contribution in [1.29, 1.82) is 0 Å². The number of aromatic nitrogens is 4. The molecule has 0 spiro atoms. The summed E-state index contributed by atoms with van der Waals surface area (Å²) in [7, 11) is 0. The first-order valence-corrected chi connectivity index (χ1v) is 9.28. The van der Waals surface area contributed by atoms with Gasteiger partial charge < -0.3 is 10.6 Å². The van der Waals surface area contributed by atoms with E-state index < -0.39 is 29.4 Å². The molecular weight excluding hydrogens is 447 g/mol. The Morgan fingerprint density at radius 2 is 1.58 bits per heavy atom. The van der Waals surface area contributed by atoms with E-state index in [1.165, 1.54) is 30.3 Å². The second-order valence-electron chi connectivity index (χ2n) is 6.81. The maximum atomic E-state index is 13.3. The average Bonchev–Trinajstić information content (AvgIpc) is 3.27. The first-order chi connectivity index (χ1) is 15.7. The van der Waals surface area contributed by atoms with E-state index in [9.17, 15) is 26.7 Å². The molecule has 4 aromatic rings. The number of alkyl halides is 3. The van der Waals surface area contributed by atoms with Gasteiger partial charge in [-0.05, 0) is 52.7 Å². The molecule has 168 valence electrons.